The zero-order valence-corrected chi connectivity index (χ0v) is 14.9. The third-order valence-corrected chi connectivity index (χ3v) is 5.89. The maximum Gasteiger partial charge on any atom is 0.261 e. The fourth-order valence-electron chi connectivity index (χ4n) is 4.41. The van der Waals surface area contributed by atoms with E-state index in [1.165, 1.54) is 36.6 Å². The van der Waals surface area contributed by atoms with Crippen molar-refractivity contribution in [1.29, 1.82) is 0 Å². The first-order valence-corrected chi connectivity index (χ1v) is 9.45. The Labute approximate surface area is 151 Å². The third-order valence-electron chi connectivity index (χ3n) is 5.66. The lowest BCUT2D eigenvalue weighted by Gasteiger charge is -2.44. The van der Waals surface area contributed by atoms with Crippen molar-refractivity contribution in [2.24, 2.45) is 5.92 Å². The second kappa shape index (κ2) is 6.79. The molecule has 6 heteroatoms. The zero-order valence-electron chi connectivity index (χ0n) is 14.2. The number of aromatic nitrogens is 2. The van der Waals surface area contributed by atoms with Gasteiger partial charge in [-0.25, -0.2) is 4.98 Å². The molecule has 1 aliphatic carbocycles. The van der Waals surface area contributed by atoms with Gasteiger partial charge in [0.15, 0.2) is 0 Å². The number of carbonyl (C=O) groups is 1. The largest absolute Gasteiger partial charge is 0.338 e. The molecule has 2 fully saturated rings. The summed E-state index contributed by atoms with van der Waals surface area (Å²) in [6.45, 7) is 0.860. The highest BCUT2D eigenvalue weighted by Crippen LogP contribution is 2.35. The van der Waals surface area contributed by atoms with Crippen LogP contribution in [0.25, 0.3) is 10.9 Å². The minimum atomic E-state index is -0.210. The summed E-state index contributed by atoms with van der Waals surface area (Å²) < 4.78 is 1.41. The Hall–Kier alpha value is -1.88. The molecule has 132 valence electrons. The standard InChI is InChI=1S/C19H22ClN3O2/c20-14-7-8-16-15(10-14)19(25)22(12-21-16)11-18(24)23-9-3-5-13-4-1-2-6-17(13)23/h7-8,10,12-13,17H,1-6,9,11H2/t13-,17-/m0/s1. The Morgan fingerprint density at radius 2 is 2.00 bits per heavy atom. The van der Waals surface area contributed by atoms with E-state index in [0.29, 0.717) is 27.9 Å². The van der Waals surface area contributed by atoms with Gasteiger partial charge in [0.2, 0.25) is 5.91 Å². The van der Waals surface area contributed by atoms with E-state index in [4.69, 9.17) is 11.6 Å². The lowest BCUT2D eigenvalue weighted by atomic mass is 9.78. The summed E-state index contributed by atoms with van der Waals surface area (Å²) >= 11 is 6.00. The number of amides is 1. The number of fused-ring (bicyclic) bond motifs is 2. The molecule has 5 nitrogen and oxygen atoms in total. The fourth-order valence-corrected chi connectivity index (χ4v) is 4.59. The van der Waals surface area contributed by atoms with E-state index in [2.05, 4.69) is 4.98 Å². The van der Waals surface area contributed by atoms with Crippen molar-refractivity contribution in [2.75, 3.05) is 6.54 Å². The number of likely N-dealkylation sites (tertiary alicyclic amines) is 1. The first-order valence-electron chi connectivity index (χ1n) is 9.07. The van der Waals surface area contributed by atoms with Crippen LogP contribution < -0.4 is 5.56 Å². The first kappa shape index (κ1) is 16.6. The van der Waals surface area contributed by atoms with Gasteiger partial charge in [0, 0.05) is 17.6 Å². The number of nitrogens with zero attached hydrogens (tertiary/aromatic N) is 3. The quantitative estimate of drug-likeness (QED) is 0.827. The van der Waals surface area contributed by atoms with Crippen molar-refractivity contribution < 1.29 is 4.79 Å². The maximum absolute atomic E-state index is 12.9. The number of hydrogen-bond donors (Lipinski definition) is 0. The van der Waals surface area contributed by atoms with E-state index in [1.54, 1.807) is 18.2 Å². The highest BCUT2D eigenvalue weighted by molar-refractivity contribution is 6.31. The van der Waals surface area contributed by atoms with Gasteiger partial charge in [0.05, 0.1) is 17.2 Å². The smallest absolute Gasteiger partial charge is 0.261 e. The van der Waals surface area contributed by atoms with Gasteiger partial charge in [-0.15, -0.1) is 0 Å². The van der Waals surface area contributed by atoms with Crippen LogP contribution in [0.4, 0.5) is 0 Å². The van der Waals surface area contributed by atoms with Crippen molar-refractivity contribution in [3.05, 3.63) is 39.9 Å². The van der Waals surface area contributed by atoms with Crippen LogP contribution in [-0.4, -0.2) is 32.9 Å². The minimum Gasteiger partial charge on any atom is -0.338 e. The third kappa shape index (κ3) is 3.17. The molecule has 2 atom stereocenters. The first-order chi connectivity index (χ1) is 12.1. The Bertz CT molecular complexity index is 861. The predicted octanol–water partition coefficient (Wildman–Crippen LogP) is 3.23. The molecule has 1 aromatic carbocycles. The molecule has 0 bridgehead atoms. The Balaban J connectivity index is 1.59. The number of rotatable bonds is 2. The molecule has 2 aromatic rings. The van der Waals surface area contributed by atoms with Crippen molar-refractivity contribution in [1.82, 2.24) is 14.5 Å². The van der Waals surface area contributed by atoms with Crippen molar-refractivity contribution >= 4 is 28.4 Å². The minimum absolute atomic E-state index is 0.0295. The van der Waals surface area contributed by atoms with Gasteiger partial charge >= 0.3 is 0 Å². The highest BCUT2D eigenvalue weighted by atomic mass is 35.5. The van der Waals surface area contributed by atoms with Gasteiger partial charge in [0.1, 0.15) is 6.54 Å². The van der Waals surface area contributed by atoms with E-state index >= 15 is 0 Å². The Morgan fingerprint density at radius 1 is 1.20 bits per heavy atom. The van der Waals surface area contributed by atoms with Crippen molar-refractivity contribution in [2.45, 2.75) is 51.1 Å². The number of halogens is 1. The van der Waals surface area contributed by atoms with Crippen LogP contribution in [0.15, 0.2) is 29.3 Å². The lowest BCUT2D eigenvalue weighted by molar-refractivity contribution is -0.138. The fraction of sp³-hybridized carbons (Fsp3) is 0.526. The summed E-state index contributed by atoms with van der Waals surface area (Å²) in [6.07, 6.45) is 8.55. The molecule has 0 N–H and O–H groups in total. The van der Waals surface area contributed by atoms with E-state index in [9.17, 15) is 9.59 Å². The van der Waals surface area contributed by atoms with Crippen LogP contribution in [0.2, 0.25) is 5.02 Å². The molecule has 2 heterocycles. The summed E-state index contributed by atoms with van der Waals surface area (Å²) in [5, 5.41) is 0.952. The van der Waals surface area contributed by atoms with Gasteiger partial charge in [0.25, 0.3) is 5.56 Å². The van der Waals surface area contributed by atoms with Gasteiger partial charge in [-0.3, -0.25) is 14.2 Å². The molecule has 1 amide bonds. The number of piperidine rings is 1. The van der Waals surface area contributed by atoms with Gasteiger partial charge in [-0.05, 0) is 49.8 Å². The highest BCUT2D eigenvalue weighted by Gasteiger charge is 2.35. The second-order valence-electron chi connectivity index (χ2n) is 7.18. The average molecular weight is 360 g/mol. The van der Waals surface area contributed by atoms with Crippen LogP contribution in [0, 0.1) is 5.92 Å². The Kier molecular flexibility index (Phi) is 4.50. The topological polar surface area (TPSA) is 55.2 Å². The summed E-state index contributed by atoms with van der Waals surface area (Å²) in [4.78, 5) is 31.9. The van der Waals surface area contributed by atoms with Gasteiger partial charge in [-0.1, -0.05) is 24.4 Å². The second-order valence-corrected chi connectivity index (χ2v) is 7.62. The van der Waals surface area contributed by atoms with Gasteiger partial charge in [-0.2, -0.15) is 0 Å². The SMILES string of the molecule is O=C(Cn1cnc2ccc(Cl)cc2c1=O)N1CCC[C@@H]2CCCC[C@@H]21. The molecule has 4 rings (SSSR count). The molecule has 0 unspecified atom stereocenters. The number of benzene rings is 1. The molecule has 1 aromatic heterocycles. The van der Waals surface area contributed by atoms with Crippen LogP contribution in [0.3, 0.4) is 0 Å². The van der Waals surface area contributed by atoms with E-state index in [0.717, 1.165) is 19.4 Å². The van der Waals surface area contributed by atoms with Crippen LogP contribution in [0.1, 0.15) is 38.5 Å². The van der Waals surface area contributed by atoms with Crippen LogP contribution >= 0.6 is 11.6 Å². The predicted molar refractivity (Wildman–Crippen MR) is 97.7 cm³/mol. The zero-order chi connectivity index (χ0) is 17.4. The van der Waals surface area contributed by atoms with Gasteiger partial charge < -0.3 is 4.90 Å². The number of carbonyl (C=O) groups excluding carboxylic acids is 1. The molecular weight excluding hydrogens is 338 g/mol. The van der Waals surface area contributed by atoms with E-state index in [1.807, 2.05) is 4.90 Å². The van der Waals surface area contributed by atoms with Crippen LogP contribution in [0.5, 0.6) is 0 Å². The molecule has 0 spiro atoms. The monoisotopic (exact) mass is 359 g/mol. The summed E-state index contributed by atoms with van der Waals surface area (Å²) in [6, 6.07) is 5.41. The summed E-state index contributed by atoms with van der Waals surface area (Å²) in [5.74, 6) is 0.665. The Morgan fingerprint density at radius 3 is 2.88 bits per heavy atom. The molecule has 1 aliphatic heterocycles. The van der Waals surface area contributed by atoms with Crippen molar-refractivity contribution in [3.63, 3.8) is 0 Å². The summed E-state index contributed by atoms with van der Waals surface area (Å²) in [7, 11) is 0. The maximum atomic E-state index is 12.9. The molecule has 1 saturated carbocycles. The van der Waals surface area contributed by atoms with Crippen molar-refractivity contribution in [3.8, 4) is 0 Å². The molecule has 0 radical (unpaired) electrons. The van der Waals surface area contributed by atoms with E-state index < -0.39 is 0 Å². The molecular formula is C19H22ClN3O2. The molecule has 1 saturated heterocycles. The summed E-state index contributed by atoms with van der Waals surface area (Å²) in [5.41, 5.74) is 0.390. The van der Waals surface area contributed by atoms with Crippen LogP contribution in [-0.2, 0) is 11.3 Å². The lowest BCUT2D eigenvalue weighted by Crippen LogP contribution is -2.51. The van der Waals surface area contributed by atoms with E-state index in [-0.39, 0.29) is 18.0 Å². The number of hydrogen-bond acceptors (Lipinski definition) is 3. The average Bonchev–Trinajstić information content (AvgIpc) is 2.64. The molecule has 25 heavy (non-hydrogen) atoms. The molecule has 2 aliphatic rings. The normalized spacial score (nSPS) is 23.5.